The van der Waals surface area contributed by atoms with Crippen LogP contribution in [0.2, 0.25) is 5.02 Å². The molecular formula is C31H23ClO6. The molecule has 0 spiro atoms. The average molecular weight is 527 g/mol. The fourth-order valence-electron chi connectivity index (χ4n) is 3.97. The largest absolute Gasteiger partial charge is 0.457 e. The number of halogens is 1. The van der Waals surface area contributed by atoms with Crippen molar-refractivity contribution in [1.82, 2.24) is 0 Å². The predicted octanol–water partition coefficient (Wildman–Crippen LogP) is 8.12. The van der Waals surface area contributed by atoms with Crippen LogP contribution >= 0.6 is 11.6 Å². The van der Waals surface area contributed by atoms with E-state index in [4.69, 9.17) is 30.2 Å². The molecular weight excluding hydrogens is 504 g/mol. The van der Waals surface area contributed by atoms with E-state index >= 15 is 0 Å². The van der Waals surface area contributed by atoms with Gasteiger partial charge >= 0.3 is 5.97 Å². The molecule has 0 radical (unpaired) electrons. The topological polar surface area (TPSA) is 75.0 Å². The Morgan fingerprint density at radius 3 is 2.26 bits per heavy atom. The predicted molar refractivity (Wildman–Crippen MR) is 146 cm³/mol. The van der Waals surface area contributed by atoms with Gasteiger partial charge in [0, 0.05) is 11.1 Å². The average Bonchev–Trinajstić information content (AvgIpc) is 2.92. The van der Waals surface area contributed by atoms with Gasteiger partial charge < -0.3 is 18.6 Å². The fraction of sp³-hybridized carbons (Fsp3) is 0.0968. The lowest BCUT2D eigenvalue weighted by Crippen LogP contribution is -2.12. The van der Waals surface area contributed by atoms with Gasteiger partial charge in [-0.05, 0) is 73.5 Å². The van der Waals surface area contributed by atoms with Crippen molar-refractivity contribution in [3.8, 4) is 28.7 Å². The number of benzene rings is 4. The zero-order valence-corrected chi connectivity index (χ0v) is 21.5. The van der Waals surface area contributed by atoms with Crippen LogP contribution in [0.4, 0.5) is 0 Å². The maximum atomic E-state index is 13.3. The van der Waals surface area contributed by atoms with E-state index in [2.05, 4.69) is 0 Å². The van der Waals surface area contributed by atoms with Crippen LogP contribution in [0, 0.1) is 6.92 Å². The summed E-state index contributed by atoms with van der Waals surface area (Å²) in [7, 11) is 0. The number of carbonyl (C=O) groups is 1. The number of ether oxygens (including phenoxy) is 3. The smallest absolute Gasteiger partial charge is 0.347 e. The molecule has 0 aliphatic rings. The van der Waals surface area contributed by atoms with Gasteiger partial charge in [-0.2, -0.15) is 0 Å². The monoisotopic (exact) mass is 526 g/mol. The molecule has 5 aromatic rings. The summed E-state index contributed by atoms with van der Waals surface area (Å²) in [5.41, 5.74) is 0.890. The Balaban J connectivity index is 1.47. The van der Waals surface area contributed by atoms with Crippen LogP contribution in [0.3, 0.4) is 0 Å². The van der Waals surface area contributed by atoms with Crippen molar-refractivity contribution in [1.29, 1.82) is 0 Å². The van der Waals surface area contributed by atoms with Crippen LogP contribution < -0.4 is 19.6 Å². The van der Waals surface area contributed by atoms with Crippen molar-refractivity contribution in [2.24, 2.45) is 0 Å². The Morgan fingerprint density at radius 2 is 1.53 bits per heavy atom. The Morgan fingerprint density at radius 1 is 0.842 bits per heavy atom. The van der Waals surface area contributed by atoms with E-state index in [-0.39, 0.29) is 22.3 Å². The molecule has 0 atom stereocenters. The van der Waals surface area contributed by atoms with Gasteiger partial charge in [0.25, 0.3) is 0 Å². The van der Waals surface area contributed by atoms with E-state index in [9.17, 15) is 9.59 Å². The van der Waals surface area contributed by atoms with Gasteiger partial charge in [-0.1, -0.05) is 48.9 Å². The van der Waals surface area contributed by atoms with Gasteiger partial charge in [0.05, 0.1) is 5.39 Å². The van der Waals surface area contributed by atoms with Crippen molar-refractivity contribution in [2.45, 2.75) is 20.3 Å². The second kappa shape index (κ2) is 10.8. The minimum absolute atomic E-state index is 0.0820. The normalized spacial score (nSPS) is 10.8. The summed E-state index contributed by atoms with van der Waals surface area (Å²) >= 11 is 5.94. The van der Waals surface area contributed by atoms with Crippen molar-refractivity contribution < 1.29 is 23.4 Å². The molecule has 0 aliphatic carbocycles. The third-order valence-electron chi connectivity index (χ3n) is 5.89. The zero-order chi connectivity index (χ0) is 26.6. The molecule has 0 unspecified atom stereocenters. The first-order chi connectivity index (χ1) is 18.4. The summed E-state index contributed by atoms with van der Waals surface area (Å²) in [4.78, 5) is 26.5. The second-order valence-corrected chi connectivity index (χ2v) is 8.92. The third kappa shape index (κ3) is 5.26. The standard InChI is InChI=1S/C31H23ClO6/c1-3-20-17-25-28(35-19(2)30(29(25)33)37-23-15-13-21(32)14-16-23)18-27(20)38-31(34)24-11-7-8-12-26(24)36-22-9-5-4-6-10-22/h4-18H,3H2,1-2H3. The Labute approximate surface area is 224 Å². The van der Waals surface area contributed by atoms with Crippen LogP contribution in [0.15, 0.2) is 100 Å². The SMILES string of the molecule is CCc1cc2c(=O)c(Oc3ccc(Cl)cc3)c(C)oc2cc1OC(=O)c1ccccc1Oc1ccccc1. The summed E-state index contributed by atoms with van der Waals surface area (Å²) in [5.74, 6) is 1.51. The molecule has 1 heterocycles. The quantitative estimate of drug-likeness (QED) is 0.157. The second-order valence-electron chi connectivity index (χ2n) is 8.48. The summed E-state index contributed by atoms with van der Waals surface area (Å²) in [6.07, 6.45) is 0.515. The zero-order valence-electron chi connectivity index (χ0n) is 20.7. The molecule has 4 aromatic carbocycles. The van der Waals surface area contributed by atoms with Crippen LogP contribution in [-0.4, -0.2) is 5.97 Å². The number of carbonyl (C=O) groups excluding carboxylic acids is 1. The van der Waals surface area contributed by atoms with E-state index < -0.39 is 5.97 Å². The molecule has 38 heavy (non-hydrogen) atoms. The Bertz CT molecular complexity index is 1670. The molecule has 6 nitrogen and oxygen atoms in total. The lowest BCUT2D eigenvalue weighted by molar-refractivity contribution is 0.0730. The highest BCUT2D eigenvalue weighted by molar-refractivity contribution is 6.30. The molecule has 0 saturated heterocycles. The lowest BCUT2D eigenvalue weighted by atomic mass is 10.1. The van der Waals surface area contributed by atoms with Crippen molar-refractivity contribution >= 4 is 28.5 Å². The molecule has 1 aromatic heterocycles. The summed E-state index contributed by atoms with van der Waals surface area (Å²) in [6.45, 7) is 3.55. The number of hydrogen-bond donors (Lipinski definition) is 0. The number of aryl methyl sites for hydroxylation is 2. The van der Waals surface area contributed by atoms with Gasteiger partial charge in [-0.3, -0.25) is 4.79 Å². The van der Waals surface area contributed by atoms with Crippen molar-refractivity contribution in [2.75, 3.05) is 0 Å². The van der Waals surface area contributed by atoms with Gasteiger partial charge in [0.1, 0.15) is 39.9 Å². The highest BCUT2D eigenvalue weighted by Crippen LogP contribution is 2.32. The highest BCUT2D eigenvalue weighted by atomic mass is 35.5. The maximum absolute atomic E-state index is 13.3. The van der Waals surface area contributed by atoms with Crippen LogP contribution in [-0.2, 0) is 6.42 Å². The molecule has 0 bridgehead atoms. The van der Waals surface area contributed by atoms with Gasteiger partial charge in [0.15, 0.2) is 0 Å². The first kappa shape index (κ1) is 25.1. The van der Waals surface area contributed by atoms with Crippen molar-refractivity contribution in [3.05, 3.63) is 123 Å². The van der Waals surface area contributed by atoms with Crippen LogP contribution in [0.25, 0.3) is 11.0 Å². The van der Waals surface area contributed by atoms with Gasteiger partial charge in [-0.25, -0.2) is 4.79 Å². The molecule has 0 N–H and O–H groups in total. The Hall–Kier alpha value is -4.55. The maximum Gasteiger partial charge on any atom is 0.347 e. The summed E-state index contributed by atoms with van der Waals surface area (Å²) < 4.78 is 23.5. The minimum atomic E-state index is -0.590. The lowest BCUT2D eigenvalue weighted by Gasteiger charge is -2.14. The third-order valence-corrected chi connectivity index (χ3v) is 6.14. The molecule has 190 valence electrons. The van der Waals surface area contributed by atoms with Crippen LogP contribution in [0.1, 0.15) is 28.6 Å². The minimum Gasteiger partial charge on any atom is -0.457 e. The first-order valence-corrected chi connectivity index (χ1v) is 12.4. The van der Waals surface area contributed by atoms with E-state index in [0.717, 1.165) is 0 Å². The molecule has 5 rings (SSSR count). The highest BCUT2D eigenvalue weighted by Gasteiger charge is 2.20. The molecule has 0 aliphatic heterocycles. The number of esters is 1. The van der Waals surface area contributed by atoms with E-state index in [1.54, 1.807) is 79.7 Å². The van der Waals surface area contributed by atoms with E-state index in [1.165, 1.54) is 0 Å². The fourth-order valence-corrected chi connectivity index (χ4v) is 4.09. The van der Waals surface area contributed by atoms with E-state index in [1.807, 2.05) is 25.1 Å². The van der Waals surface area contributed by atoms with Crippen molar-refractivity contribution in [3.63, 3.8) is 0 Å². The number of rotatable bonds is 7. The van der Waals surface area contributed by atoms with Gasteiger partial charge in [0.2, 0.25) is 11.2 Å². The molecule has 0 saturated carbocycles. The molecule has 0 fully saturated rings. The molecule has 7 heteroatoms. The number of fused-ring (bicyclic) bond motifs is 1. The van der Waals surface area contributed by atoms with Crippen LogP contribution in [0.5, 0.6) is 28.7 Å². The number of hydrogen-bond acceptors (Lipinski definition) is 6. The number of para-hydroxylation sites is 2. The summed E-state index contributed by atoms with van der Waals surface area (Å²) in [5, 5.41) is 0.882. The Kier molecular flexibility index (Phi) is 7.15. The van der Waals surface area contributed by atoms with E-state index in [0.29, 0.717) is 51.2 Å². The van der Waals surface area contributed by atoms with Gasteiger partial charge in [-0.15, -0.1) is 0 Å². The first-order valence-electron chi connectivity index (χ1n) is 12.0. The molecule has 0 amide bonds. The summed E-state index contributed by atoms with van der Waals surface area (Å²) in [6, 6.07) is 26.0.